The van der Waals surface area contributed by atoms with Gasteiger partial charge in [-0.25, -0.2) is 8.42 Å². The van der Waals surface area contributed by atoms with E-state index >= 15 is 0 Å². The van der Waals surface area contributed by atoms with Crippen molar-refractivity contribution >= 4 is 208 Å². The number of hydrogen-bond donors (Lipinski definition) is 2. The number of nitrogens with one attached hydrogen (secondary N) is 2. The minimum Gasteiger partial charge on any atom is -0.468 e. The number of ether oxygens (including phenoxy) is 1. The lowest BCUT2D eigenvalue weighted by atomic mass is 9.79. The van der Waals surface area contributed by atoms with Gasteiger partial charge in [0.1, 0.15) is 5.69 Å². The second-order valence-electron chi connectivity index (χ2n) is 16.1. The Bertz CT molecular complexity index is 2570. The number of H-pyrrole nitrogens is 1. The van der Waals surface area contributed by atoms with E-state index in [1.54, 1.807) is 12.1 Å². The molecule has 1 fully saturated rings. The number of nitrogens with zero attached hydrogens (tertiary/aromatic N) is 1. The molecule has 0 radical (unpaired) electrons. The number of halogens is 5. The number of sulfone groups is 1. The molecule has 72 heavy (non-hydrogen) atoms. The summed E-state index contributed by atoms with van der Waals surface area (Å²) in [6.45, 7) is 11.6. The maximum atomic E-state index is 12.2. The van der Waals surface area contributed by atoms with E-state index in [0.29, 0.717) is 16.5 Å². The van der Waals surface area contributed by atoms with Crippen molar-refractivity contribution in [3.05, 3.63) is 124 Å². The van der Waals surface area contributed by atoms with Gasteiger partial charge in [0.05, 0.1) is 28.7 Å². The molecule has 13 unspecified atom stereocenters. The summed E-state index contributed by atoms with van der Waals surface area (Å²) in [7, 11) is 25.7. The van der Waals surface area contributed by atoms with Crippen molar-refractivity contribution in [2.45, 2.75) is 74.8 Å². The van der Waals surface area contributed by atoms with Gasteiger partial charge in [0.15, 0.2) is 15.6 Å². The quantitative estimate of drug-likeness (QED) is 0.0434. The lowest BCUT2D eigenvalue weighted by Crippen LogP contribution is -2.41. The molecule has 0 spiro atoms. The first-order valence-electron chi connectivity index (χ1n) is 20.9. The molecular formula is C39H62BBr2F3N3O6P17S. The Labute approximate surface area is 471 Å². The van der Waals surface area contributed by atoms with Crippen LogP contribution >= 0.6 is 169 Å². The van der Waals surface area contributed by atoms with Gasteiger partial charge in [-0.2, -0.15) is 13.2 Å². The number of pyridine rings is 1. The van der Waals surface area contributed by atoms with Crippen LogP contribution in [-0.2, 0) is 46.7 Å². The average molecular weight is 1460 g/mol. The Morgan fingerprint density at radius 1 is 0.861 bits per heavy atom. The summed E-state index contributed by atoms with van der Waals surface area (Å²) in [4.78, 5) is 17.9. The molecule has 13 atom stereocenters. The SMILES string of the molecule is CC(NCc1ccc(Br)cc1)c1cccc2ncccc12.COC(=O)CS(=O)(=O)c1cccc(B2OC(C)(C)C(C)(C)O2)c1.FC(F)(F)c1ccc(CBr)[nH]1.PPP(P(P)P)P(P(P)P)P(P(P)P)P(P)P. The molecule has 6 rings (SSSR count). The van der Waals surface area contributed by atoms with E-state index in [1.807, 2.05) is 40.0 Å². The fourth-order valence-electron chi connectivity index (χ4n) is 6.08. The Kier molecular flexibility index (Phi) is 32.3. The molecule has 0 aliphatic carbocycles. The number of methoxy groups -OCH3 is 1. The van der Waals surface area contributed by atoms with Crippen molar-refractivity contribution in [2.24, 2.45) is 0 Å². The molecule has 3 aromatic carbocycles. The first-order chi connectivity index (χ1) is 33.5. The third kappa shape index (κ3) is 22.2. The molecule has 2 N–H and O–H groups in total. The van der Waals surface area contributed by atoms with Gasteiger partial charge in [-0.3, -0.25) is 9.78 Å². The van der Waals surface area contributed by atoms with Gasteiger partial charge in [0.2, 0.25) is 0 Å². The molecule has 1 aliphatic rings. The van der Waals surface area contributed by atoms with Gasteiger partial charge >= 0.3 is 19.3 Å². The number of esters is 1. The lowest BCUT2D eigenvalue weighted by molar-refractivity contribution is -0.141. The highest BCUT2D eigenvalue weighted by molar-refractivity contribution is 9.31. The van der Waals surface area contributed by atoms with Crippen LogP contribution in [0, 0.1) is 0 Å². The zero-order valence-electron chi connectivity index (χ0n) is 40.0. The molecular weight excluding hydrogens is 1390 g/mol. The molecule has 33 heteroatoms. The van der Waals surface area contributed by atoms with Crippen molar-refractivity contribution in [3.8, 4) is 0 Å². The predicted octanol–water partition coefficient (Wildman–Crippen LogP) is 18.3. The van der Waals surface area contributed by atoms with Crippen LogP contribution in [-0.4, -0.2) is 55.5 Å². The molecule has 2 aromatic heterocycles. The zero-order chi connectivity index (χ0) is 54.4. The van der Waals surface area contributed by atoms with E-state index in [9.17, 15) is 26.4 Å². The fourth-order valence-corrected chi connectivity index (χ4v) is 197. The van der Waals surface area contributed by atoms with Crippen LogP contribution in [0.1, 0.15) is 63.2 Å². The molecule has 0 bridgehead atoms. The lowest BCUT2D eigenvalue weighted by Gasteiger charge is -2.41. The number of hydrogen-bond acceptors (Lipinski definition) is 8. The summed E-state index contributed by atoms with van der Waals surface area (Å²) in [5.41, 5.74) is 3.00. The van der Waals surface area contributed by atoms with Crippen molar-refractivity contribution in [3.63, 3.8) is 0 Å². The maximum Gasteiger partial charge on any atom is 0.494 e. The average Bonchev–Trinajstić information content (AvgIpc) is 3.90. The topological polar surface area (TPSA) is 120 Å². The highest BCUT2D eigenvalue weighted by atomic mass is 79.9. The van der Waals surface area contributed by atoms with Gasteiger partial charge in [-0.15, -0.1) is 80.4 Å². The van der Waals surface area contributed by atoms with E-state index in [2.05, 4.69) is 188 Å². The van der Waals surface area contributed by atoms with Gasteiger partial charge in [0.25, 0.3) is 0 Å². The van der Waals surface area contributed by atoms with Gasteiger partial charge in [0, 0.05) is 39.7 Å². The number of benzene rings is 3. The van der Waals surface area contributed by atoms with E-state index in [0.717, 1.165) is 37.7 Å². The first kappa shape index (κ1) is 70.0. The van der Waals surface area contributed by atoms with E-state index < -0.39 is 51.8 Å². The van der Waals surface area contributed by atoms with Crippen molar-refractivity contribution in [1.82, 2.24) is 15.3 Å². The summed E-state index contributed by atoms with van der Waals surface area (Å²) in [5.74, 6) is -1.50. The highest BCUT2D eigenvalue weighted by Gasteiger charge is 2.52. The van der Waals surface area contributed by atoms with E-state index in [4.69, 9.17) is 9.31 Å². The monoisotopic (exact) mass is 1450 g/mol. The molecule has 3 heterocycles. The summed E-state index contributed by atoms with van der Waals surface area (Å²) < 4.78 is 77.5. The Morgan fingerprint density at radius 3 is 1.93 bits per heavy atom. The molecule has 1 aliphatic heterocycles. The van der Waals surface area contributed by atoms with Crippen LogP contribution < -0.4 is 10.8 Å². The summed E-state index contributed by atoms with van der Waals surface area (Å²) in [6, 6.07) is 27.8. The molecule has 5 aromatic rings. The summed E-state index contributed by atoms with van der Waals surface area (Å²) in [5, 5.41) is 5.21. The van der Waals surface area contributed by atoms with Crippen LogP contribution in [0.2, 0.25) is 0 Å². The van der Waals surface area contributed by atoms with Gasteiger partial charge < -0.3 is 24.3 Å². The van der Waals surface area contributed by atoms with E-state index in [1.165, 1.54) is 34.7 Å². The number of rotatable bonds is 16. The molecule has 9 nitrogen and oxygen atoms in total. The van der Waals surface area contributed by atoms with E-state index in [-0.39, 0.29) is 59.8 Å². The van der Waals surface area contributed by atoms with Crippen LogP contribution in [0.5, 0.6) is 0 Å². The van der Waals surface area contributed by atoms with Crippen molar-refractivity contribution < 1.29 is 40.4 Å². The standard InChI is InChI=1S/C18H17BrN2.C15H21BO6S.C6H5BrF3N.H19P17/c1-13(21-12-14-7-9-15(19)10-8-14)16-4-2-6-18-17(16)5-3-11-20-18;1-14(2)15(3,4)22-16(21-14)11-7-6-8-12(9-11)23(18,19)10-13(17)20-5;7-3-4-1-2-5(11-4)6(8,9)10;1-10-15(11(2)3)17(14(8)9)16(12(4)5)13(6)7/h2-11,13,21H,12H2,1H3;6-9H,10H2,1-5H3;1-2,11H,3H2;10H,1-9H2. The molecule has 1 saturated heterocycles. The molecule has 398 valence electrons. The molecule has 0 amide bonds. The minimum atomic E-state index is -4.26. The number of alkyl halides is 4. The summed E-state index contributed by atoms with van der Waals surface area (Å²) >= 11 is 6.50. The van der Waals surface area contributed by atoms with Crippen LogP contribution in [0.15, 0.2) is 107 Å². The third-order valence-corrected chi connectivity index (χ3v) is 116. The second-order valence-corrected chi connectivity index (χ2v) is 84.0. The zero-order valence-corrected chi connectivity index (χ0v) is 61.7. The van der Waals surface area contributed by atoms with Crippen LogP contribution in [0.4, 0.5) is 13.2 Å². The second kappa shape index (κ2) is 33.2. The maximum absolute atomic E-state index is 12.2. The van der Waals surface area contributed by atoms with Crippen LogP contribution in [0.25, 0.3) is 10.9 Å². The number of aromatic nitrogens is 2. The summed E-state index contributed by atoms with van der Waals surface area (Å²) in [6.07, 6.45) is -2.42. The number of carbonyl (C=O) groups excluding carboxylic acids is 1. The van der Waals surface area contributed by atoms with Crippen molar-refractivity contribution in [2.75, 3.05) is 12.9 Å². The fraction of sp³-hybridized carbons (Fsp3) is 0.333. The number of aromatic amines is 1. The number of carbonyl (C=O) groups is 1. The Balaban J connectivity index is 0.000000261. The largest absolute Gasteiger partial charge is 0.494 e. The minimum absolute atomic E-state index is 0.0371. The highest BCUT2D eigenvalue weighted by Crippen LogP contribution is 3.25. The van der Waals surface area contributed by atoms with Crippen LogP contribution in [0.3, 0.4) is 0 Å². The van der Waals surface area contributed by atoms with Gasteiger partial charge in [-0.1, -0.05) is 82.3 Å². The smallest absolute Gasteiger partial charge is 0.468 e. The first-order valence-corrected chi connectivity index (χ1v) is 54.7. The third-order valence-electron chi connectivity index (χ3n) is 10.4. The number of fused-ring (bicyclic) bond motifs is 1. The van der Waals surface area contributed by atoms with Crippen molar-refractivity contribution in [1.29, 1.82) is 0 Å². The normalized spacial score (nSPS) is 15.8. The predicted molar refractivity (Wildman–Crippen MR) is 360 cm³/mol. The Morgan fingerprint density at radius 2 is 1.44 bits per heavy atom. The van der Waals surface area contributed by atoms with Gasteiger partial charge in [-0.05, 0) is 149 Å². The Hall–Kier alpha value is 3.77. The molecule has 0 saturated carbocycles.